The average Bonchev–Trinajstić information content (AvgIpc) is 2.65. The van der Waals surface area contributed by atoms with Gasteiger partial charge >= 0.3 is 0 Å². The van der Waals surface area contributed by atoms with E-state index in [1.54, 1.807) is 14.0 Å². The minimum absolute atomic E-state index is 0.0930. The third-order valence-corrected chi connectivity index (χ3v) is 4.98. The Labute approximate surface area is 162 Å². The fourth-order valence-corrected chi connectivity index (χ4v) is 2.79. The smallest absolute Gasteiger partial charge is 0.211 e. The molecule has 9 heteroatoms. The van der Waals surface area contributed by atoms with Crippen LogP contribution in [0.5, 0.6) is 11.5 Å². The standard InChI is InChI=1S/C18H32N4O4S/c1-5-19-18(20-11-8-12-22-27(23,24)6-2)21-14-15(3)26-17-10-7-9-16(13-17)25-4/h7,9-10,13,15,22H,5-6,8,11-12,14H2,1-4H3,(H2,19,20,21). The summed E-state index contributed by atoms with van der Waals surface area (Å²) in [6, 6.07) is 7.45. The molecule has 1 rings (SSSR count). The Hall–Kier alpha value is -2.00. The lowest BCUT2D eigenvalue weighted by Crippen LogP contribution is -2.39. The fraction of sp³-hybridized carbons (Fsp3) is 0.611. The van der Waals surface area contributed by atoms with E-state index in [1.165, 1.54) is 0 Å². The first-order valence-electron chi connectivity index (χ1n) is 9.20. The van der Waals surface area contributed by atoms with Gasteiger partial charge in [-0.2, -0.15) is 0 Å². The van der Waals surface area contributed by atoms with Crippen LogP contribution < -0.4 is 24.8 Å². The highest BCUT2D eigenvalue weighted by Gasteiger charge is 2.07. The van der Waals surface area contributed by atoms with E-state index in [0.717, 1.165) is 18.0 Å². The largest absolute Gasteiger partial charge is 0.497 e. The first-order chi connectivity index (χ1) is 12.9. The van der Waals surface area contributed by atoms with E-state index >= 15 is 0 Å². The quantitative estimate of drug-likeness (QED) is 0.278. The molecule has 0 aromatic heterocycles. The van der Waals surface area contributed by atoms with Crippen LogP contribution in [0.25, 0.3) is 0 Å². The predicted molar refractivity (Wildman–Crippen MR) is 109 cm³/mol. The molecule has 0 aliphatic heterocycles. The van der Waals surface area contributed by atoms with Crippen molar-refractivity contribution in [2.45, 2.75) is 33.3 Å². The van der Waals surface area contributed by atoms with Gasteiger partial charge in [0.1, 0.15) is 17.6 Å². The molecular formula is C18H32N4O4S. The molecule has 1 atom stereocenters. The Balaban J connectivity index is 2.42. The van der Waals surface area contributed by atoms with Crippen molar-refractivity contribution in [2.24, 2.45) is 4.99 Å². The van der Waals surface area contributed by atoms with Gasteiger partial charge in [-0.1, -0.05) is 6.07 Å². The molecule has 27 heavy (non-hydrogen) atoms. The molecule has 0 heterocycles. The Kier molecular flexibility index (Phi) is 10.6. The van der Waals surface area contributed by atoms with Crippen LogP contribution in [0.4, 0.5) is 0 Å². The zero-order chi connectivity index (χ0) is 20.1. The van der Waals surface area contributed by atoms with Gasteiger partial charge in [-0.25, -0.2) is 18.1 Å². The Bertz CT molecular complexity index is 680. The highest BCUT2D eigenvalue weighted by Crippen LogP contribution is 2.19. The number of guanidine groups is 1. The summed E-state index contributed by atoms with van der Waals surface area (Å²) in [7, 11) is -1.52. The molecule has 1 unspecified atom stereocenters. The second kappa shape index (κ2) is 12.4. The molecule has 0 amide bonds. The minimum Gasteiger partial charge on any atom is -0.497 e. The molecule has 154 valence electrons. The monoisotopic (exact) mass is 400 g/mol. The van der Waals surface area contributed by atoms with E-state index in [9.17, 15) is 8.42 Å². The van der Waals surface area contributed by atoms with E-state index in [-0.39, 0.29) is 11.9 Å². The maximum atomic E-state index is 11.4. The Morgan fingerprint density at radius 3 is 2.59 bits per heavy atom. The Morgan fingerprint density at radius 2 is 1.93 bits per heavy atom. The van der Waals surface area contributed by atoms with Crippen molar-refractivity contribution < 1.29 is 17.9 Å². The molecule has 0 radical (unpaired) electrons. The first-order valence-corrected chi connectivity index (χ1v) is 10.9. The lowest BCUT2D eigenvalue weighted by Gasteiger charge is -2.15. The number of rotatable bonds is 12. The lowest BCUT2D eigenvalue weighted by atomic mass is 10.3. The van der Waals surface area contributed by atoms with Gasteiger partial charge in [0.2, 0.25) is 10.0 Å². The van der Waals surface area contributed by atoms with Crippen LogP contribution in [0.15, 0.2) is 29.3 Å². The summed E-state index contributed by atoms with van der Waals surface area (Å²) < 4.78 is 36.3. The lowest BCUT2D eigenvalue weighted by molar-refractivity contribution is 0.229. The van der Waals surface area contributed by atoms with Gasteiger partial charge in [-0.15, -0.1) is 0 Å². The zero-order valence-corrected chi connectivity index (χ0v) is 17.4. The van der Waals surface area contributed by atoms with Crippen molar-refractivity contribution in [2.75, 3.05) is 39.0 Å². The molecule has 1 aromatic carbocycles. The van der Waals surface area contributed by atoms with Crippen LogP contribution in [0.1, 0.15) is 27.2 Å². The summed E-state index contributed by atoms with van der Waals surface area (Å²) in [5.74, 6) is 2.25. The molecular weight excluding hydrogens is 368 g/mol. The van der Waals surface area contributed by atoms with Crippen LogP contribution in [-0.2, 0) is 10.0 Å². The van der Waals surface area contributed by atoms with E-state index in [0.29, 0.717) is 32.0 Å². The summed E-state index contributed by atoms with van der Waals surface area (Å²) in [5, 5.41) is 6.35. The van der Waals surface area contributed by atoms with Crippen LogP contribution >= 0.6 is 0 Å². The summed E-state index contributed by atoms with van der Waals surface area (Å²) >= 11 is 0. The van der Waals surface area contributed by atoms with E-state index in [1.807, 2.05) is 38.1 Å². The molecule has 0 aliphatic carbocycles. The number of aliphatic imine (C=N–C) groups is 1. The number of methoxy groups -OCH3 is 1. The van der Waals surface area contributed by atoms with Crippen molar-refractivity contribution in [1.29, 1.82) is 0 Å². The summed E-state index contributed by atoms with van der Waals surface area (Å²) in [4.78, 5) is 4.51. The highest BCUT2D eigenvalue weighted by atomic mass is 32.2. The zero-order valence-electron chi connectivity index (χ0n) is 16.6. The van der Waals surface area contributed by atoms with Gasteiger partial charge in [0.25, 0.3) is 0 Å². The van der Waals surface area contributed by atoms with Gasteiger partial charge in [0.15, 0.2) is 5.96 Å². The van der Waals surface area contributed by atoms with Crippen molar-refractivity contribution >= 4 is 16.0 Å². The average molecular weight is 401 g/mol. The predicted octanol–water partition coefficient (Wildman–Crippen LogP) is 1.35. The number of nitrogens with zero attached hydrogens (tertiary/aromatic N) is 1. The molecule has 0 saturated carbocycles. The summed E-state index contributed by atoms with van der Waals surface area (Å²) in [5.41, 5.74) is 0. The summed E-state index contributed by atoms with van der Waals surface area (Å²) in [6.45, 7) is 7.79. The third kappa shape index (κ3) is 10.0. The number of ether oxygens (including phenoxy) is 2. The van der Waals surface area contributed by atoms with Gasteiger partial charge in [-0.3, -0.25) is 0 Å². The first kappa shape index (κ1) is 23.0. The SMILES string of the molecule is CCNC(=NCC(C)Oc1cccc(OC)c1)NCCCNS(=O)(=O)CC. The minimum atomic E-state index is -3.14. The normalized spacial score (nSPS) is 13.1. The van der Waals surface area contributed by atoms with Crippen molar-refractivity contribution in [3.8, 4) is 11.5 Å². The van der Waals surface area contributed by atoms with E-state index in [2.05, 4.69) is 20.3 Å². The molecule has 0 aliphatic rings. The van der Waals surface area contributed by atoms with Crippen molar-refractivity contribution in [3.05, 3.63) is 24.3 Å². The van der Waals surface area contributed by atoms with Crippen LogP contribution in [0.3, 0.4) is 0 Å². The highest BCUT2D eigenvalue weighted by molar-refractivity contribution is 7.89. The molecule has 0 bridgehead atoms. The van der Waals surface area contributed by atoms with Gasteiger partial charge in [0, 0.05) is 25.7 Å². The number of nitrogens with one attached hydrogen (secondary N) is 3. The second-order valence-corrected chi connectivity index (χ2v) is 8.00. The third-order valence-electron chi connectivity index (χ3n) is 3.58. The van der Waals surface area contributed by atoms with Crippen LogP contribution in [0.2, 0.25) is 0 Å². The molecule has 8 nitrogen and oxygen atoms in total. The van der Waals surface area contributed by atoms with Crippen molar-refractivity contribution in [1.82, 2.24) is 15.4 Å². The van der Waals surface area contributed by atoms with E-state index < -0.39 is 10.0 Å². The Morgan fingerprint density at radius 1 is 1.19 bits per heavy atom. The number of benzene rings is 1. The van der Waals surface area contributed by atoms with Gasteiger partial charge in [-0.05, 0) is 39.3 Å². The molecule has 0 saturated heterocycles. The van der Waals surface area contributed by atoms with Gasteiger partial charge < -0.3 is 20.1 Å². The molecule has 1 aromatic rings. The van der Waals surface area contributed by atoms with Crippen LogP contribution in [-0.4, -0.2) is 59.5 Å². The fourth-order valence-electron chi connectivity index (χ4n) is 2.13. The number of hydrogen-bond acceptors (Lipinski definition) is 5. The number of hydrogen-bond donors (Lipinski definition) is 3. The summed E-state index contributed by atoms with van der Waals surface area (Å²) in [6.07, 6.45) is 0.559. The maximum Gasteiger partial charge on any atom is 0.211 e. The molecule has 3 N–H and O–H groups in total. The van der Waals surface area contributed by atoms with Crippen molar-refractivity contribution in [3.63, 3.8) is 0 Å². The maximum absolute atomic E-state index is 11.4. The van der Waals surface area contributed by atoms with Crippen LogP contribution in [0, 0.1) is 0 Å². The van der Waals surface area contributed by atoms with E-state index in [4.69, 9.17) is 9.47 Å². The van der Waals surface area contributed by atoms with Gasteiger partial charge in [0.05, 0.1) is 19.4 Å². The number of sulfonamides is 1. The second-order valence-electron chi connectivity index (χ2n) is 5.91. The topological polar surface area (TPSA) is 101 Å². The molecule has 0 fully saturated rings. The molecule has 0 spiro atoms.